The van der Waals surface area contributed by atoms with Crippen molar-refractivity contribution in [3.63, 3.8) is 0 Å². The van der Waals surface area contributed by atoms with Gasteiger partial charge in [0.15, 0.2) is 6.04 Å². The SMILES string of the molecule is O=C(NC(C(=O)O)c1ccsc1)c1cncn1-c1ccc(F)cc1. The normalized spacial score (nSPS) is 11.9. The molecule has 3 rings (SSSR count). The Bertz CT molecular complexity index is 859. The molecule has 6 nitrogen and oxygen atoms in total. The Morgan fingerprint density at radius 2 is 2.00 bits per heavy atom. The Kier molecular flexibility index (Phi) is 4.39. The summed E-state index contributed by atoms with van der Waals surface area (Å²) in [6.45, 7) is 0. The predicted molar refractivity (Wildman–Crippen MR) is 85.7 cm³/mol. The average molecular weight is 345 g/mol. The van der Waals surface area contributed by atoms with Crippen LogP contribution in [0.1, 0.15) is 22.1 Å². The fourth-order valence-electron chi connectivity index (χ4n) is 2.20. The zero-order chi connectivity index (χ0) is 17.1. The first-order chi connectivity index (χ1) is 11.6. The van der Waals surface area contributed by atoms with Crippen LogP contribution in [0.5, 0.6) is 0 Å². The fourth-order valence-corrected chi connectivity index (χ4v) is 2.89. The Balaban J connectivity index is 1.87. The highest BCUT2D eigenvalue weighted by Gasteiger charge is 2.24. The number of hydrogen-bond acceptors (Lipinski definition) is 4. The highest BCUT2D eigenvalue weighted by molar-refractivity contribution is 7.08. The number of carbonyl (C=O) groups is 2. The van der Waals surface area contributed by atoms with Crippen molar-refractivity contribution in [2.24, 2.45) is 0 Å². The monoisotopic (exact) mass is 345 g/mol. The van der Waals surface area contributed by atoms with Gasteiger partial charge in [0.25, 0.3) is 5.91 Å². The lowest BCUT2D eigenvalue weighted by atomic mass is 10.1. The number of carboxylic acid groups (broad SMARTS) is 1. The van der Waals surface area contributed by atoms with Gasteiger partial charge in [0.1, 0.15) is 11.5 Å². The van der Waals surface area contributed by atoms with Crippen molar-refractivity contribution in [3.8, 4) is 5.69 Å². The molecule has 1 atom stereocenters. The van der Waals surface area contributed by atoms with Gasteiger partial charge >= 0.3 is 5.97 Å². The summed E-state index contributed by atoms with van der Waals surface area (Å²) in [5.74, 6) is -2.14. The van der Waals surface area contributed by atoms with Gasteiger partial charge in [-0.3, -0.25) is 9.36 Å². The topological polar surface area (TPSA) is 84.2 Å². The van der Waals surface area contributed by atoms with E-state index in [2.05, 4.69) is 10.3 Å². The second-order valence-corrected chi connectivity index (χ2v) is 5.71. The molecule has 1 amide bonds. The number of rotatable bonds is 5. The maximum absolute atomic E-state index is 13.0. The molecule has 1 aromatic carbocycles. The van der Waals surface area contributed by atoms with Gasteiger partial charge in [0.05, 0.1) is 12.5 Å². The molecular weight excluding hydrogens is 333 g/mol. The Hall–Kier alpha value is -3.00. The number of amides is 1. The Morgan fingerprint density at radius 1 is 1.25 bits per heavy atom. The number of nitrogens with one attached hydrogen (secondary N) is 1. The molecule has 0 fully saturated rings. The second kappa shape index (κ2) is 6.63. The van der Waals surface area contributed by atoms with Crippen molar-refractivity contribution < 1.29 is 19.1 Å². The molecule has 0 aliphatic rings. The smallest absolute Gasteiger partial charge is 0.330 e. The zero-order valence-corrected chi connectivity index (χ0v) is 13.0. The van der Waals surface area contributed by atoms with Gasteiger partial charge in [0.2, 0.25) is 0 Å². The summed E-state index contributed by atoms with van der Waals surface area (Å²) < 4.78 is 14.5. The maximum atomic E-state index is 13.0. The van der Waals surface area contributed by atoms with E-state index in [0.717, 1.165) is 0 Å². The minimum Gasteiger partial charge on any atom is -0.479 e. The first-order valence-electron chi connectivity index (χ1n) is 6.90. The highest BCUT2D eigenvalue weighted by Crippen LogP contribution is 2.18. The van der Waals surface area contributed by atoms with E-state index in [0.29, 0.717) is 11.3 Å². The van der Waals surface area contributed by atoms with Gasteiger partial charge in [-0.05, 0) is 46.7 Å². The van der Waals surface area contributed by atoms with Crippen molar-refractivity contribution in [3.05, 3.63) is 70.7 Å². The molecular formula is C16H12FN3O3S. The number of benzene rings is 1. The van der Waals surface area contributed by atoms with Gasteiger partial charge in [-0.25, -0.2) is 14.2 Å². The van der Waals surface area contributed by atoms with Crippen LogP contribution < -0.4 is 5.32 Å². The van der Waals surface area contributed by atoms with Crippen LogP contribution in [0.15, 0.2) is 53.6 Å². The quantitative estimate of drug-likeness (QED) is 0.744. The van der Waals surface area contributed by atoms with Crippen LogP contribution in [0.4, 0.5) is 4.39 Å². The van der Waals surface area contributed by atoms with Crippen LogP contribution in [0.3, 0.4) is 0 Å². The van der Waals surface area contributed by atoms with E-state index in [4.69, 9.17) is 0 Å². The third kappa shape index (κ3) is 3.18. The largest absolute Gasteiger partial charge is 0.479 e. The molecule has 2 N–H and O–H groups in total. The lowest BCUT2D eigenvalue weighted by molar-refractivity contribution is -0.139. The molecule has 1 unspecified atom stereocenters. The van der Waals surface area contributed by atoms with Crippen molar-refractivity contribution >= 4 is 23.2 Å². The number of imidazole rings is 1. The van der Waals surface area contributed by atoms with E-state index in [1.165, 1.54) is 52.7 Å². The number of carboxylic acids is 1. The molecule has 122 valence electrons. The summed E-state index contributed by atoms with van der Waals surface area (Å²) in [5.41, 5.74) is 1.19. The minimum atomic E-state index is -1.16. The van der Waals surface area contributed by atoms with Crippen LogP contribution >= 0.6 is 11.3 Å². The molecule has 0 bridgehead atoms. The molecule has 2 aromatic heterocycles. The maximum Gasteiger partial charge on any atom is 0.330 e. The third-order valence-electron chi connectivity index (χ3n) is 3.37. The molecule has 2 heterocycles. The number of nitrogens with zero attached hydrogens (tertiary/aromatic N) is 2. The van der Waals surface area contributed by atoms with Crippen LogP contribution in [0.2, 0.25) is 0 Å². The summed E-state index contributed by atoms with van der Waals surface area (Å²) >= 11 is 1.34. The standard InChI is InChI=1S/C16H12FN3O3S/c17-11-1-3-12(4-2-11)20-9-18-7-13(20)15(21)19-14(16(22)23)10-5-6-24-8-10/h1-9,14H,(H,19,21)(H,22,23). The van der Waals surface area contributed by atoms with Crippen molar-refractivity contribution in [1.29, 1.82) is 0 Å². The zero-order valence-electron chi connectivity index (χ0n) is 12.2. The molecule has 0 radical (unpaired) electrons. The number of aliphatic carboxylic acids is 1. The van der Waals surface area contributed by atoms with E-state index >= 15 is 0 Å². The number of thiophene rings is 1. The first kappa shape index (κ1) is 15.9. The molecule has 0 aliphatic heterocycles. The van der Waals surface area contributed by atoms with Crippen molar-refractivity contribution in [2.45, 2.75) is 6.04 Å². The summed E-state index contributed by atoms with van der Waals surface area (Å²) in [4.78, 5) is 27.8. The molecule has 0 spiro atoms. The molecule has 0 saturated heterocycles. The van der Waals surface area contributed by atoms with Crippen LogP contribution in [-0.2, 0) is 4.79 Å². The van der Waals surface area contributed by atoms with Crippen LogP contribution in [0.25, 0.3) is 5.69 Å². The van der Waals surface area contributed by atoms with E-state index in [1.807, 2.05) is 0 Å². The predicted octanol–water partition coefficient (Wildman–Crippen LogP) is 2.63. The summed E-state index contributed by atoms with van der Waals surface area (Å²) in [7, 11) is 0. The van der Waals surface area contributed by atoms with Crippen LogP contribution in [-0.4, -0.2) is 26.5 Å². The average Bonchev–Trinajstić information content (AvgIpc) is 3.24. The summed E-state index contributed by atoms with van der Waals surface area (Å²) in [6.07, 6.45) is 2.73. The van der Waals surface area contributed by atoms with Gasteiger partial charge in [0, 0.05) is 5.69 Å². The third-order valence-corrected chi connectivity index (χ3v) is 4.08. The lowest BCUT2D eigenvalue weighted by Gasteiger charge is -2.14. The van der Waals surface area contributed by atoms with E-state index < -0.39 is 23.7 Å². The number of aromatic nitrogens is 2. The minimum absolute atomic E-state index is 0.156. The van der Waals surface area contributed by atoms with Crippen LogP contribution in [0, 0.1) is 5.82 Å². The van der Waals surface area contributed by atoms with Crippen molar-refractivity contribution in [1.82, 2.24) is 14.9 Å². The number of hydrogen-bond donors (Lipinski definition) is 2. The van der Waals surface area contributed by atoms with Gasteiger partial charge < -0.3 is 10.4 Å². The lowest BCUT2D eigenvalue weighted by Crippen LogP contribution is -2.34. The Labute approximate surface area is 140 Å². The van der Waals surface area contributed by atoms with E-state index in [9.17, 15) is 19.1 Å². The number of halogens is 1. The van der Waals surface area contributed by atoms with Gasteiger partial charge in [-0.1, -0.05) is 0 Å². The molecule has 0 aliphatic carbocycles. The number of carbonyl (C=O) groups excluding carboxylic acids is 1. The molecule has 3 aromatic rings. The molecule has 24 heavy (non-hydrogen) atoms. The summed E-state index contributed by atoms with van der Waals surface area (Å²) in [6, 6.07) is 6.02. The van der Waals surface area contributed by atoms with E-state index in [-0.39, 0.29) is 5.69 Å². The van der Waals surface area contributed by atoms with Crippen molar-refractivity contribution in [2.75, 3.05) is 0 Å². The highest BCUT2D eigenvalue weighted by atomic mass is 32.1. The summed E-state index contributed by atoms with van der Waals surface area (Å²) in [5, 5.41) is 15.2. The first-order valence-corrected chi connectivity index (χ1v) is 7.84. The van der Waals surface area contributed by atoms with Gasteiger partial charge in [-0.15, -0.1) is 0 Å². The van der Waals surface area contributed by atoms with Gasteiger partial charge in [-0.2, -0.15) is 11.3 Å². The molecule has 0 saturated carbocycles. The molecule has 8 heteroatoms. The van der Waals surface area contributed by atoms with E-state index in [1.54, 1.807) is 16.8 Å². The second-order valence-electron chi connectivity index (χ2n) is 4.93. The fraction of sp³-hybridized carbons (Fsp3) is 0.0625. The Morgan fingerprint density at radius 3 is 2.62 bits per heavy atom.